The minimum absolute atomic E-state index is 0.00112. The zero-order chi connectivity index (χ0) is 22.7. The summed E-state index contributed by atoms with van der Waals surface area (Å²) in [6, 6.07) is 13.1. The number of nitrogens with one attached hydrogen (secondary N) is 1. The van der Waals surface area contributed by atoms with Crippen molar-refractivity contribution in [2.24, 2.45) is 5.92 Å². The van der Waals surface area contributed by atoms with Gasteiger partial charge in [-0.25, -0.2) is 4.79 Å². The van der Waals surface area contributed by atoms with E-state index in [0.717, 1.165) is 49.3 Å². The minimum Gasteiger partial charge on any atom is -0.345 e. The molecule has 3 amide bonds. The zero-order valence-electron chi connectivity index (χ0n) is 18.6. The predicted octanol–water partition coefficient (Wildman–Crippen LogP) is 4.46. The van der Waals surface area contributed by atoms with Crippen molar-refractivity contribution >= 4 is 29.2 Å². The van der Waals surface area contributed by atoms with E-state index in [0.29, 0.717) is 23.0 Å². The molecule has 0 bridgehead atoms. The van der Waals surface area contributed by atoms with Crippen LogP contribution in [0.3, 0.4) is 0 Å². The molecule has 2 aliphatic heterocycles. The second-order valence-electron chi connectivity index (χ2n) is 8.58. The fraction of sp³-hybridized carbons (Fsp3) is 0.360. The summed E-state index contributed by atoms with van der Waals surface area (Å²) in [7, 11) is 3.43. The van der Waals surface area contributed by atoms with Crippen LogP contribution in [-0.4, -0.2) is 62.0 Å². The maximum atomic E-state index is 13.2. The Morgan fingerprint density at radius 1 is 1.16 bits per heavy atom. The van der Waals surface area contributed by atoms with Gasteiger partial charge in [0, 0.05) is 49.5 Å². The zero-order valence-corrected chi connectivity index (χ0v) is 19.3. The lowest BCUT2D eigenvalue weighted by Gasteiger charge is -2.35. The molecule has 1 N–H and O–H groups in total. The molecule has 168 valence electrons. The van der Waals surface area contributed by atoms with Crippen LogP contribution in [0, 0.1) is 5.92 Å². The number of piperidine rings is 1. The topological polar surface area (TPSA) is 55.9 Å². The quantitative estimate of drug-likeness (QED) is 0.728. The van der Waals surface area contributed by atoms with Crippen LogP contribution in [0.1, 0.15) is 23.2 Å². The third-order valence-electron chi connectivity index (χ3n) is 6.05. The number of nitrogens with zero attached hydrogens (tertiary/aromatic N) is 3. The van der Waals surface area contributed by atoms with Crippen LogP contribution in [0.15, 0.2) is 54.7 Å². The van der Waals surface area contributed by atoms with E-state index in [1.165, 1.54) is 4.90 Å². The molecule has 0 spiro atoms. The molecule has 0 unspecified atom stereocenters. The van der Waals surface area contributed by atoms with Crippen molar-refractivity contribution in [2.75, 3.05) is 45.2 Å². The monoisotopic (exact) mass is 452 g/mol. The molecule has 2 heterocycles. The summed E-state index contributed by atoms with van der Waals surface area (Å²) >= 11 is 6.53. The average Bonchev–Trinajstić information content (AvgIpc) is 2.80. The summed E-state index contributed by atoms with van der Waals surface area (Å²) in [5, 5.41) is 3.88. The summed E-state index contributed by atoms with van der Waals surface area (Å²) in [5.74, 6) is 0.451. The Morgan fingerprint density at radius 3 is 2.66 bits per heavy atom. The summed E-state index contributed by atoms with van der Waals surface area (Å²) in [6.45, 7) is 3.47. The van der Waals surface area contributed by atoms with Gasteiger partial charge in [-0.2, -0.15) is 0 Å². The van der Waals surface area contributed by atoms with Crippen LogP contribution in [0.2, 0.25) is 5.02 Å². The second kappa shape index (κ2) is 9.76. The maximum Gasteiger partial charge on any atom is 0.328 e. The van der Waals surface area contributed by atoms with Gasteiger partial charge >= 0.3 is 6.03 Å². The Bertz CT molecular complexity index is 1030. The molecule has 2 aromatic carbocycles. The average molecular weight is 453 g/mol. The maximum absolute atomic E-state index is 13.2. The SMILES string of the molecule is CN(C)C(=O)c1ccc(-c2cccc(N3C=CCN(CC4CCNCC4)C3=O)c2)c(Cl)c1. The summed E-state index contributed by atoms with van der Waals surface area (Å²) in [4.78, 5) is 30.6. The van der Waals surface area contributed by atoms with Crippen molar-refractivity contribution in [2.45, 2.75) is 12.8 Å². The lowest BCUT2D eigenvalue weighted by Crippen LogP contribution is -2.47. The molecule has 2 aromatic rings. The van der Waals surface area contributed by atoms with E-state index in [1.54, 1.807) is 31.1 Å². The first-order chi connectivity index (χ1) is 15.4. The molecule has 6 nitrogen and oxygen atoms in total. The van der Waals surface area contributed by atoms with E-state index in [-0.39, 0.29) is 11.9 Å². The number of hydrogen-bond acceptors (Lipinski definition) is 3. The lowest BCUT2D eigenvalue weighted by atomic mass is 9.97. The van der Waals surface area contributed by atoms with Crippen molar-refractivity contribution in [3.05, 3.63) is 65.3 Å². The third kappa shape index (κ3) is 4.81. The largest absolute Gasteiger partial charge is 0.345 e. The Morgan fingerprint density at radius 2 is 1.94 bits per heavy atom. The van der Waals surface area contributed by atoms with Gasteiger partial charge in [0.05, 0.1) is 5.69 Å². The van der Waals surface area contributed by atoms with Crippen molar-refractivity contribution in [1.82, 2.24) is 15.1 Å². The van der Waals surface area contributed by atoms with E-state index in [1.807, 2.05) is 47.5 Å². The molecule has 1 fully saturated rings. The van der Waals surface area contributed by atoms with E-state index in [2.05, 4.69) is 5.32 Å². The number of urea groups is 1. The number of benzene rings is 2. The first-order valence-electron chi connectivity index (χ1n) is 11.0. The Labute approximate surface area is 194 Å². The van der Waals surface area contributed by atoms with Gasteiger partial charge in [-0.1, -0.05) is 29.8 Å². The molecule has 0 radical (unpaired) electrons. The van der Waals surface area contributed by atoms with E-state index in [9.17, 15) is 9.59 Å². The molecule has 2 aliphatic rings. The smallest absolute Gasteiger partial charge is 0.328 e. The summed E-state index contributed by atoms with van der Waals surface area (Å²) < 4.78 is 0. The normalized spacial score (nSPS) is 17.0. The number of carbonyl (C=O) groups excluding carboxylic acids is 2. The van der Waals surface area contributed by atoms with Gasteiger partial charge in [-0.15, -0.1) is 0 Å². The van der Waals surface area contributed by atoms with Crippen molar-refractivity contribution < 1.29 is 9.59 Å². The van der Waals surface area contributed by atoms with E-state index < -0.39 is 0 Å². The van der Waals surface area contributed by atoms with Crippen molar-refractivity contribution in [1.29, 1.82) is 0 Å². The highest BCUT2D eigenvalue weighted by atomic mass is 35.5. The Kier molecular flexibility index (Phi) is 6.82. The molecule has 0 atom stereocenters. The predicted molar refractivity (Wildman–Crippen MR) is 129 cm³/mol. The van der Waals surface area contributed by atoms with Gasteiger partial charge in [0.25, 0.3) is 5.91 Å². The summed E-state index contributed by atoms with van der Waals surface area (Å²) in [5.41, 5.74) is 3.06. The first-order valence-corrected chi connectivity index (χ1v) is 11.4. The van der Waals surface area contributed by atoms with Gasteiger partial charge in [0.15, 0.2) is 0 Å². The molecule has 0 aliphatic carbocycles. The van der Waals surface area contributed by atoms with Gasteiger partial charge < -0.3 is 15.1 Å². The van der Waals surface area contributed by atoms with Crippen LogP contribution in [0.25, 0.3) is 11.1 Å². The highest BCUT2D eigenvalue weighted by Gasteiger charge is 2.27. The fourth-order valence-corrected chi connectivity index (χ4v) is 4.55. The molecule has 0 aromatic heterocycles. The van der Waals surface area contributed by atoms with Gasteiger partial charge in [-0.05, 0) is 67.8 Å². The number of hydrogen-bond donors (Lipinski definition) is 1. The minimum atomic E-state index is -0.0925. The Hall–Kier alpha value is -2.83. The Balaban J connectivity index is 1.55. The van der Waals surface area contributed by atoms with Crippen LogP contribution >= 0.6 is 11.6 Å². The number of anilines is 1. The standard InChI is InChI=1S/C25H29ClN4O2/c1-28(2)24(31)20-7-8-22(23(26)16-20)19-5-3-6-21(15-19)30-14-4-13-29(25(30)32)17-18-9-11-27-12-10-18/h3-8,14-16,18,27H,9-13,17H2,1-2H3. The highest BCUT2D eigenvalue weighted by Crippen LogP contribution is 2.32. The molecule has 0 saturated carbocycles. The van der Waals surface area contributed by atoms with E-state index in [4.69, 9.17) is 11.6 Å². The molecule has 1 saturated heterocycles. The first kappa shape index (κ1) is 22.4. The number of rotatable bonds is 5. The van der Waals surface area contributed by atoms with Gasteiger partial charge in [0.2, 0.25) is 0 Å². The third-order valence-corrected chi connectivity index (χ3v) is 6.36. The lowest BCUT2D eigenvalue weighted by molar-refractivity contribution is 0.0827. The molecule has 32 heavy (non-hydrogen) atoms. The summed E-state index contributed by atoms with van der Waals surface area (Å²) in [6.07, 6.45) is 6.09. The van der Waals surface area contributed by atoms with E-state index >= 15 is 0 Å². The fourth-order valence-electron chi connectivity index (χ4n) is 4.26. The number of amides is 3. The van der Waals surface area contributed by atoms with Crippen LogP contribution < -0.4 is 10.2 Å². The van der Waals surface area contributed by atoms with Crippen LogP contribution in [-0.2, 0) is 0 Å². The van der Waals surface area contributed by atoms with Gasteiger partial charge in [-0.3, -0.25) is 9.69 Å². The van der Waals surface area contributed by atoms with Crippen LogP contribution in [0.5, 0.6) is 0 Å². The molecular formula is C25H29ClN4O2. The van der Waals surface area contributed by atoms with Crippen LogP contribution in [0.4, 0.5) is 10.5 Å². The molecular weight excluding hydrogens is 424 g/mol. The highest BCUT2D eigenvalue weighted by molar-refractivity contribution is 6.33. The van der Waals surface area contributed by atoms with Crippen molar-refractivity contribution in [3.63, 3.8) is 0 Å². The molecule has 4 rings (SSSR count). The van der Waals surface area contributed by atoms with Crippen molar-refractivity contribution in [3.8, 4) is 11.1 Å². The molecule has 7 heteroatoms. The number of halogens is 1. The second-order valence-corrected chi connectivity index (χ2v) is 8.99. The number of carbonyl (C=O) groups is 2. The van der Waals surface area contributed by atoms with Gasteiger partial charge in [0.1, 0.15) is 0 Å².